The van der Waals surface area contributed by atoms with Gasteiger partial charge in [-0.25, -0.2) is 0 Å². The second-order valence-electron chi connectivity index (χ2n) is 4.11. The third kappa shape index (κ3) is 3.74. The molecular formula is C13H20N2O. The maximum atomic E-state index is 11.8. The normalized spacial score (nSPS) is 12.4. The van der Waals surface area contributed by atoms with E-state index in [1.165, 1.54) is 5.56 Å². The van der Waals surface area contributed by atoms with Gasteiger partial charge in [0.05, 0.1) is 0 Å². The summed E-state index contributed by atoms with van der Waals surface area (Å²) in [6.45, 7) is 4.77. The predicted octanol–water partition coefficient (Wildman–Crippen LogP) is 1.61. The quantitative estimate of drug-likeness (QED) is 0.792. The number of ketones is 1. The van der Waals surface area contributed by atoms with Gasteiger partial charge in [-0.15, -0.1) is 0 Å². The summed E-state index contributed by atoms with van der Waals surface area (Å²) >= 11 is 0. The fraction of sp³-hybridized carbons (Fsp3) is 0.538. The van der Waals surface area contributed by atoms with E-state index in [-0.39, 0.29) is 11.7 Å². The molecule has 0 aliphatic rings. The molecule has 0 bridgehead atoms. The number of nitrogens with zero attached hydrogens (tertiary/aromatic N) is 1. The smallest absolute Gasteiger partial charge is 0.142 e. The molecule has 1 atom stereocenters. The highest BCUT2D eigenvalue weighted by Crippen LogP contribution is 2.05. The van der Waals surface area contributed by atoms with Crippen molar-refractivity contribution in [3.8, 4) is 0 Å². The molecule has 16 heavy (non-hydrogen) atoms. The van der Waals surface area contributed by atoms with E-state index in [4.69, 9.17) is 0 Å². The lowest BCUT2D eigenvalue weighted by molar-refractivity contribution is -0.121. The van der Waals surface area contributed by atoms with Gasteiger partial charge in [-0.3, -0.25) is 9.78 Å². The average molecular weight is 220 g/mol. The second kappa shape index (κ2) is 6.38. The molecule has 0 aromatic carbocycles. The van der Waals surface area contributed by atoms with Gasteiger partial charge in [-0.05, 0) is 25.1 Å². The van der Waals surface area contributed by atoms with Gasteiger partial charge < -0.3 is 5.32 Å². The van der Waals surface area contributed by atoms with Crippen LogP contribution in [0.15, 0.2) is 18.3 Å². The summed E-state index contributed by atoms with van der Waals surface area (Å²) in [6, 6.07) is 3.99. The van der Waals surface area contributed by atoms with Gasteiger partial charge in [0.25, 0.3) is 0 Å². The lowest BCUT2D eigenvalue weighted by Gasteiger charge is -2.09. The lowest BCUT2D eigenvalue weighted by Crippen LogP contribution is -2.25. The Bertz CT molecular complexity index is 332. The number of Topliss-reactive ketones (excluding diaryl/α,β-unsaturated/α-hetero) is 1. The van der Waals surface area contributed by atoms with Gasteiger partial charge in [-0.2, -0.15) is 0 Å². The topological polar surface area (TPSA) is 42.0 Å². The number of carbonyl (C=O) groups is 1. The molecule has 0 saturated carbocycles. The molecule has 1 aromatic heterocycles. The minimum Gasteiger partial charge on any atom is -0.319 e. The predicted molar refractivity (Wildman–Crippen MR) is 65.4 cm³/mol. The Morgan fingerprint density at radius 3 is 2.75 bits per heavy atom. The Morgan fingerprint density at radius 2 is 2.25 bits per heavy atom. The first-order valence-electron chi connectivity index (χ1n) is 5.78. The van der Waals surface area contributed by atoms with E-state index in [2.05, 4.69) is 17.2 Å². The van der Waals surface area contributed by atoms with Crippen LogP contribution < -0.4 is 5.32 Å². The van der Waals surface area contributed by atoms with Crippen LogP contribution in [0.4, 0.5) is 0 Å². The minimum atomic E-state index is 0.0534. The molecule has 0 fully saturated rings. The van der Waals surface area contributed by atoms with Crippen LogP contribution in [-0.4, -0.2) is 24.4 Å². The summed E-state index contributed by atoms with van der Waals surface area (Å²) in [5.74, 6) is 0.295. The van der Waals surface area contributed by atoms with Crippen molar-refractivity contribution in [1.29, 1.82) is 0 Å². The van der Waals surface area contributed by atoms with Crippen LogP contribution in [0.2, 0.25) is 0 Å². The van der Waals surface area contributed by atoms with Crippen molar-refractivity contribution in [1.82, 2.24) is 10.3 Å². The molecule has 0 radical (unpaired) electrons. The van der Waals surface area contributed by atoms with Crippen molar-refractivity contribution in [3.63, 3.8) is 0 Å². The Labute approximate surface area is 97.3 Å². The number of hydrogen-bond acceptors (Lipinski definition) is 3. The van der Waals surface area contributed by atoms with E-state index in [0.717, 1.165) is 18.7 Å². The molecular weight excluding hydrogens is 200 g/mol. The zero-order chi connectivity index (χ0) is 12.0. The molecule has 0 aliphatic heterocycles. The van der Waals surface area contributed by atoms with E-state index < -0.39 is 0 Å². The van der Waals surface area contributed by atoms with Crippen molar-refractivity contribution in [2.45, 2.75) is 26.7 Å². The van der Waals surface area contributed by atoms with Crippen LogP contribution in [0.5, 0.6) is 0 Å². The number of carbonyl (C=O) groups excluding carboxylic acids is 1. The third-order valence-electron chi connectivity index (χ3n) is 2.71. The number of hydrogen-bond donors (Lipinski definition) is 1. The van der Waals surface area contributed by atoms with Gasteiger partial charge in [0.2, 0.25) is 0 Å². The van der Waals surface area contributed by atoms with Crippen LogP contribution in [-0.2, 0) is 17.6 Å². The zero-order valence-corrected chi connectivity index (χ0v) is 10.3. The standard InChI is InChI=1S/C13H20N2O/c1-4-11-5-6-12(15-9-11)7-13(16)10(2)8-14-3/h5-6,9-10,14H,4,7-8H2,1-3H3. The highest BCUT2D eigenvalue weighted by molar-refractivity contribution is 5.82. The van der Waals surface area contributed by atoms with Gasteiger partial charge in [-0.1, -0.05) is 19.9 Å². The van der Waals surface area contributed by atoms with Crippen molar-refractivity contribution >= 4 is 5.78 Å². The first-order valence-corrected chi connectivity index (χ1v) is 5.78. The molecule has 3 heteroatoms. The van der Waals surface area contributed by atoms with Gasteiger partial charge in [0.1, 0.15) is 5.78 Å². The van der Waals surface area contributed by atoms with Crippen molar-refractivity contribution in [2.75, 3.05) is 13.6 Å². The van der Waals surface area contributed by atoms with Crippen LogP contribution in [0, 0.1) is 5.92 Å². The molecule has 0 saturated heterocycles. The fourth-order valence-electron chi connectivity index (χ4n) is 1.54. The van der Waals surface area contributed by atoms with Gasteiger partial charge >= 0.3 is 0 Å². The highest BCUT2D eigenvalue weighted by Gasteiger charge is 2.12. The van der Waals surface area contributed by atoms with E-state index >= 15 is 0 Å². The maximum Gasteiger partial charge on any atom is 0.142 e. The average Bonchev–Trinajstić information content (AvgIpc) is 2.30. The molecule has 3 nitrogen and oxygen atoms in total. The Morgan fingerprint density at radius 1 is 1.50 bits per heavy atom. The molecule has 0 aliphatic carbocycles. The van der Waals surface area contributed by atoms with Gasteiger partial charge in [0.15, 0.2) is 0 Å². The van der Waals surface area contributed by atoms with Crippen molar-refractivity contribution in [3.05, 3.63) is 29.6 Å². The number of nitrogens with one attached hydrogen (secondary N) is 1. The molecule has 1 rings (SSSR count). The van der Waals surface area contributed by atoms with Gasteiger partial charge in [0, 0.05) is 30.8 Å². The van der Waals surface area contributed by atoms with E-state index in [1.54, 1.807) is 0 Å². The van der Waals surface area contributed by atoms with Crippen LogP contribution in [0.1, 0.15) is 25.1 Å². The van der Waals surface area contributed by atoms with Crippen LogP contribution >= 0.6 is 0 Å². The summed E-state index contributed by atoms with van der Waals surface area (Å²) in [6.07, 6.45) is 3.27. The Balaban J connectivity index is 2.55. The summed E-state index contributed by atoms with van der Waals surface area (Å²) in [4.78, 5) is 16.1. The zero-order valence-electron chi connectivity index (χ0n) is 10.3. The number of rotatable bonds is 6. The van der Waals surface area contributed by atoms with Crippen LogP contribution in [0.25, 0.3) is 0 Å². The largest absolute Gasteiger partial charge is 0.319 e. The van der Waals surface area contributed by atoms with E-state index in [0.29, 0.717) is 6.42 Å². The Hall–Kier alpha value is -1.22. The summed E-state index contributed by atoms with van der Waals surface area (Å²) < 4.78 is 0. The van der Waals surface area contributed by atoms with E-state index in [1.807, 2.05) is 32.3 Å². The minimum absolute atomic E-state index is 0.0534. The molecule has 1 unspecified atom stereocenters. The summed E-state index contributed by atoms with van der Waals surface area (Å²) in [5, 5.41) is 3.01. The summed E-state index contributed by atoms with van der Waals surface area (Å²) in [7, 11) is 1.86. The monoisotopic (exact) mass is 220 g/mol. The molecule has 1 heterocycles. The number of pyridine rings is 1. The van der Waals surface area contributed by atoms with E-state index in [9.17, 15) is 4.79 Å². The fourth-order valence-corrected chi connectivity index (χ4v) is 1.54. The molecule has 88 valence electrons. The maximum absolute atomic E-state index is 11.8. The highest BCUT2D eigenvalue weighted by atomic mass is 16.1. The first kappa shape index (κ1) is 12.8. The number of aryl methyl sites for hydroxylation is 1. The molecule has 1 aromatic rings. The Kier molecular flexibility index (Phi) is 5.12. The molecule has 1 N–H and O–H groups in total. The molecule has 0 spiro atoms. The van der Waals surface area contributed by atoms with Crippen molar-refractivity contribution in [2.24, 2.45) is 5.92 Å². The van der Waals surface area contributed by atoms with Crippen LogP contribution in [0.3, 0.4) is 0 Å². The third-order valence-corrected chi connectivity index (χ3v) is 2.71. The second-order valence-corrected chi connectivity index (χ2v) is 4.11. The SMILES string of the molecule is CCc1ccc(CC(=O)C(C)CNC)nc1. The number of aromatic nitrogens is 1. The summed E-state index contributed by atoms with van der Waals surface area (Å²) in [5.41, 5.74) is 2.07. The first-order chi connectivity index (χ1) is 7.67. The molecule has 0 amide bonds. The van der Waals surface area contributed by atoms with Crippen molar-refractivity contribution < 1.29 is 4.79 Å². The lowest BCUT2D eigenvalue weighted by atomic mass is 10.0.